The number of carbonyl (C=O) groups is 1. The van der Waals surface area contributed by atoms with E-state index in [9.17, 15) is 9.90 Å². The number of rotatable bonds is 2. The van der Waals surface area contributed by atoms with Gasteiger partial charge in [-0.2, -0.15) is 0 Å². The van der Waals surface area contributed by atoms with E-state index in [0.29, 0.717) is 0 Å². The van der Waals surface area contributed by atoms with Gasteiger partial charge in [-0.05, 0) is 24.5 Å². The standard InChI is InChI=1S/C13H17NO3/c1-8(15)14-11-7-6-9-10(13(11)16)4-3-5-12(9)17-2/h3-5,11,13,16H,6-7H2,1-2H3,(H,14,15)/t11-,13+/m0/s1. The molecule has 0 radical (unpaired) electrons. The molecule has 0 heterocycles. The Balaban J connectivity index is 2.29. The van der Waals surface area contributed by atoms with Crippen molar-refractivity contribution in [3.8, 4) is 5.75 Å². The highest BCUT2D eigenvalue weighted by Crippen LogP contribution is 2.35. The maximum atomic E-state index is 11.0. The highest BCUT2D eigenvalue weighted by molar-refractivity contribution is 5.73. The first kappa shape index (κ1) is 11.9. The molecule has 0 spiro atoms. The predicted molar refractivity (Wildman–Crippen MR) is 63.9 cm³/mol. The molecule has 17 heavy (non-hydrogen) atoms. The van der Waals surface area contributed by atoms with Crippen LogP contribution in [0.4, 0.5) is 0 Å². The second kappa shape index (κ2) is 4.75. The van der Waals surface area contributed by atoms with Gasteiger partial charge in [-0.25, -0.2) is 0 Å². The van der Waals surface area contributed by atoms with Gasteiger partial charge in [-0.3, -0.25) is 4.79 Å². The van der Waals surface area contributed by atoms with Crippen LogP contribution in [0, 0.1) is 0 Å². The molecular weight excluding hydrogens is 218 g/mol. The molecule has 1 amide bonds. The van der Waals surface area contributed by atoms with Gasteiger partial charge in [-0.1, -0.05) is 12.1 Å². The molecule has 0 saturated heterocycles. The molecule has 0 unspecified atom stereocenters. The molecule has 0 aromatic heterocycles. The lowest BCUT2D eigenvalue weighted by Gasteiger charge is -2.31. The van der Waals surface area contributed by atoms with Gasteiger partial charge in [-0.15, -0.1) is 0 Å². The number of amides is 1. The first-order valence-electron chi connectivity index (χ1n) is 5.74. The summed E-state index contributed by atoms with van der Waals surface area (Å²) >= 11 is 0. The van der Waals surface area contributed by atoms with Gasteiger partial charge < -0.3 is 15.2 Å². The molecule has 0 fully saturated rings. The predicted octanol–water partition coefficient (Wildman–Crippen LogP) is 1.18. The monoisotopic (exact) mass is 235 g/mol. The molecule has 4 nitrogen and oxygen atoms in total. The zero-order valence-corrected chi connectivity index (χ0v) is 10.1. The van der Waals surface area contributed by atoms with Gasteiger partial charge in [0, 0.05) is 12.5 Å². The number of hydrogen-bond acceptors (Lipinski definition) is 3. The van der Waals surface area contributed by atoms with Crippen LogP contribution in [0.2, 0.25) is 0 Å². The lowest BCUT2D eigenvalue weighted by atomic mass is 9.85. The molecule has 2 atom stereocenters. The largest absolute Gasteiger partial charge is 0.496 e. The normalized spacial score (nSPS) is 22.8. The Hall–Kier alpha value is -1.55. The van der Waals surface area contributed by atoms with Crippen LogP contribution in [0.15, 0.2) is 18.2 Å². The SMILES string of the molecule is COc1cccc2c1CC[C@H](NC(C)=O)[C@@H]2O. The van der Waals surface area contributed by atoms with Crippen LogP contribution >= 0.6 is 0 Å². The summed E-state index contributed by atoms with van der Waals surface area (Å²) in [6, 6.07) is 5.43. The van der Waals surface area contributed by atoms with E-state index in [4.69, 9.17) is 4.74 Å². The zero-order chi connectivity index (χ0) is 12.4. The van der Waals surface area contributed by atoms with Crippen molar-refractivity contribution in [1.29, 1.82) is 0 Å². The van der Waals surface area contributed by atoms with Crippen molar-refractivity contribution in [3.63, 3.8) is 0 Å². The van der Waals surface area contributed by atoms with Gasteiger partial charge in [0.15, 0.2) is 0 Å². The molecule has 2 rings (SSSR count). The summed E-state index contributed by atoms with van der Waals surface area (Å²) in [6.45, 7) is 1.47. The molecule has 1 aromatic carbocycles. The van der Waals surface area contributed by atoms with Crippen LogP contribution in [0.1, 0.15) is 30.6 Å². The smallest absolute Gasteiger partial charge is 0.217 e. The van der Waals surface area contributed by atoms with Crippen molar-refractivity contribution >= 4 is 5.91 Å². The van der Waals surface area contributed by atoms with Crippen LogP contribution in [0.5, 0.6) is 5.75 Å². The maximum Gasteiger partial charge on any atom is 0.217 e. The van der Waals surface area contributed by atoms with E-state index in [0.717, 1.165) is 29.7 Å². The second-order valence-electron chi connectivity index (χ2n) is 4.32. The summed E-state index contributed by atoms with van der Waals surface area (Å²) < 4.78 is 5.28. The van der Waals surface area contributed by atoms with E-state index in [-0.39, 0.29) is 11.9 Å². The highest BCUT2D eigenvalue weighted by atomic mass is 16.5. The van der Waals surface area contributed by atoms with Gasteiger partial charge in [0.2, 0.25) is 5.91 Å². The number of nitrogens with one attached hydrogen (secondary N) is 1. The molecule has 4 heteroatoms. The van der Waals surface area contributed by atoms with E-state index in [1.165, 1.54) is 6.92 Å². The number of methoxy groups -OCH3 is 1. The third kappa shape index (κ3) is 2.26. The van der Waals surface area contributed by atoms with Crippen LogP contribution in [-0.4, -0.2) is 24.2 Å². The number of aliphatic hydroxyl groups excluding tert-OH is 1. The first-order valence-corrected chi connectivity index (χ1v) is 5.74. The summed E-state index contributed by atoms with van der Waals surface area (Å²) in [6.07, 6.45) is 0.882. The van der Waals surface area contributed by atoms with Gasteiger partial charge in [0.05, 0.1) is 19.3 Å². The molecule has 0 saturated carbocycles. The van der Waals surface area contributed by atoms with E-state index in [1.807, 2.05) is 18.2 Å². The van der Waals surface area contributed by atoms with Gasteiger partial charge >= 0.3 is 0 Å². The Morgan fingerprint density at radius 3 is 2.94 bits per heavy atom. The Labute approximate surface area is 101 Å². The van der Waals surface area contributed by atoms with Crippen molar-refractivity contribution in [2.75, 3.05) is 7.11 Å². The second-order valence-corrected chi connectivity index (χ2v) is 4.32. The Kier molecular flexibility index (Phi) is 3.33. The zero-order valence-electron chi connectivity index (χ0n) is 10.1. The topological polar surface area (TPSA) is 58.6 Å². The lowest BCUT2D eigenvalue weighted by molar-refractivity contribution is -0.120. The minimum atomic E-state index is -0.655. The Bertz CT molecular complexity index is 431. The minimum absolute atomic E-state index is 0.111. The molecule has 2 N–H and O–H groups in total. The summed E-state index contributed by atoms with van der Waals surface area (Å²) in [7, 11) is 1.63. The average Bonchev–Trinajstić information content (AvgIpc) is 2.31. The maximum absolute atomic E-state index is 11.0. The first-order chi connectivity index (χ1) is 8.13. The van der Waals surface area contributed by atoms with E-state index >= 15 is 0 Å². The third-order valence-corrected chi connectivity index (χ3v) is 3.18. The molecule has 0 aliphatic heterocycles. The molecule has 0 bridgehead atoms. The van der Waals surface area contributed by atoms with Crippen LogP contribution in [0.25, 0.3) is 0 Å². The fourth-order valence-corrected chi connectivity index (χ4v) is 2.41. The summed E-state index contributed by atoms with van der Waals surface area (Å²) in [5.41, 5.74) is 1.90. The fraction of sp³-hybridized carbons (Fsp3) is 0.462. The van der Waals surface area contributed by atoms with Crippen LogP contribution in [0.3, 0.4) is 0 Å². The Morgan fingerprint density at radius 2 is 2.29 bits per heavy atom. The van der Waals surface area contributed by atoms with E-state index in [1.54, 1.807) is 7.11 Å². The van der Waals surface area contributed by atoms with Crippen LogP contribution < -0.4 is 10.1 Å². The Morgan fingerprint density at radius 1 is 1.53 bits per heavy atom. The minimum Gasteiger partial charge on any atom is -0.496 e. The van der Waals surface area contributed by atoms with E-state index < -0.39 is 6.10 Å². The third-order valence-electron chi connectivity index (χ3n) is 3.18. The quantitative estimate of drug-likeness (QED) is 0.809. The van der Waals surface area contributed by atoms with E-state index in [2.05, 4.69) is 5.32 Å². The summed E-state index contributed by atoms with van der Waals surface area (Å²) in [5.74, 6) is 0.697. The molecule has 92 valence electrons. The average molecular weight is 235 g/mol. The van der Waals surface area contributed by atoms with Crippen molar-refractivity contribution in [2.24, 2.45) is 0 Å². The lowest BCUT2D eigenvalue weighted by Crippen LogP contribution is -2.40. The molecule has 1 aromatic rings. The number of aliphatic hydroxyl groups is 1. The highest BCUT2D eigenvalue weighted by Gasteiger charge is 2.29. The molecule has 1 aliphatic carbocycles. The fourth-order valence-electron chi connectivity index (χ4n) is 2.41. The van der Waals surface area contributed by atoms with Crippen molar-refractivity contribution in [2.45, 2.75) is 31.9 Å². The molecule has 1 aliphatic rings. The summed E-state index contributed by atoms with van der Waals surface area (Å²) in [5, 5.41) is 13.0. The van der Waals surface area contributed by atoms with Crippen LogP contribution in [-0.2, 0) is 11.2 Å². The number of fused-ring (bicyclic) bond motifs is 1. The number of ether oxygens (including phenoxy) is 1. The van der Waals surface area contributed by atoms with Crippen molar-refractivity contribution in [3.05, 3.63) is 29.3 Å². The number of carbonyl (C=O) groups excluding carboxylic acids is 1. The molecular formula is C13H17NO3. The van der Waals surface area contributed by atoms with Gasteiger partial charge in [0.25, 0.3) is 0 Å². The number of hydrogen-bond donors (Lipinski definition) is 2. The van der Waals surface area contributed by atoms with Crippen molar-refractivity contribution < 1.29 is 14.6 Å². The van der Waals surface area contributed by atoms with Crippen molar-refractivity contribution in [1.82, 2.24) is 5.32 Å². The van der Waals surface area contributed by atoms with Gasteiger partial charge in [0.1, 0.15) is 5.75 Å². The number of benzene rings is 1. The summed E-state index contributed by atoms with van der Waals surface area (Å²) in [4.78, 5) is 11.0.